The van der Waals surface area contributed by atoms with E-state index in [2.05, 4.69) is 19.9 Å². The van der Waals surface area contributed by atoms with E-state index in [0.717, 1.165) is 5.57 Å². The van der Waals surface area contributed by atoms with Crippen LogP contribution in [0.15, 0.2) is 34.9 Å². The summed E-state index contributed by atoms with van der Waals surface area (Å²) in [6, 6.07) is 0. The number of carbonyl (C=O) groups is 3. The minimum absolute atomic E-state index is 0.165. The summed E-state index contributed by atoms with van der Waals surface area (Å²) in [6.45, 7) is 15.3. The van der Waals surface area contributed by atoms with Crippen LogP contribution in [0, 0.1) is 50.2 Å². The van der Waals surface area contributed by atoms with Crippen LogP contribution in [0.1, 0.15) is 108 Å². The number of hydrogen-bond donors (Lipinski definition) is 13. The zero-order valence-corrected chi connectivity index (χ0v) is 47.8. The Morgan fingerprint density at radius 2 is 1.17 bits per heavy atom. The highest BCUT2D eigenvalue weighted by atomic mass is 16.8. The first-order chi connectivity index (χ1) is 37.9. The monoisotopic (exact) mass is 1160 g/mol. The highest BCUT2D eigenvalue weighted by Crippen LogP contribution is 2.76. The van der Waals surface area contributed by atoms with E-state index in [0.29, 0.717) is 31.3 Å². The van der Waals surface area contributed by atoms with Gasteiger partial charge in [0.2, 0.25) is 0 Å². The summed E-state index contributed by atoms with van der Waals surface area (Å²) in [6.07, 6.45) is -25.7. The first-order valence-electron chi connectivity index (χ1n) is 28.3. The SMILES string of the molecule is C/C=C(/C)C(=O)O[C@H]1[C@H](OC(=O)/C(C)=C\C)[C@@]2(CO)C(CC1(C)C)C1=CCC3[C@@]4(C)CCC(O[C@@H]5OC(C(=O)O)[C@@H](O)[C@@H](OC6OC(CO)C(O)C6O)C5O[C@@H]5OC(CO)[C@@H](O)[C@@H](O)C5O)[C@](C)(CO)C4CC[C@@]3(C)[C@]1(C)[C@@H](O)[C@H]2O. The maximum Gasteiger partial charge on any atom is 0.335 e. The predicted molar refractivity (Wildman–Crippen MR) is 278 cm³/mol. The van der Waals surface area contributed by atoms with Gasteiger partial charge in [-0.3, -0.25) is 0 Å². The zero-order valence-electron chi connectivity index (χ0n) is 47.8. The van der Waals surface area contributed by atoms with Crippen molar-refractivity contribution in [2.24, 2.45) is 50.2 Å². The highest BCUT2D eigenvalue weighted by Gasteiger charge is 2.77. The van der Waals surface area contributed by atoms with Crippen molar-refractivity contribution in [3.63, 3.8) is 0 Å². The standard InChI is InChI=1S/C57H88O24/c1-11-24(3)47(72)80-44-45(81-48(73)25(4)12-2)57(23-61)27(19-52(44,5)6)26-13-14-31-53(7)17-16-32(54(8,22-60)30(53)15-18-55(31,9)56(26,10)42(68)43(57)69)76-51-41(79-50-37(66)35(64)33(62)28(20-58)74-50)39(38(67)40(78-51)46(70)71)77-49-36(65)34(63)29(21-59)75-49/h11-13,27-45,49-51,58-69H,14-23H2,1-10H3,(H,70,71)/b24-11-,25-12-/t27?,28?,29?,30?,31?,32?,33-,34?,35-,36?,37?,38+,39-,40?,41?,42+,43-,44+,45+,49?,50+,51-,53+,54-,55-,56+,57+/m1/s1. The summed E-state index contributed by atoms with van der Waals surface area (Å²) in [5.41, 5.74) is -5.25. The van der Waals surface area contributed by atoms with Crippen LogP contribution in [-0.4, -0.2) is 227 Å². The Morgan fingerprint density at radius 1 is 0.630 bits per heavy atom. The molecule has 3 saturated heterocycles. The van der Waals surface area contributed by atoms with E-state index in [-0.39, 0.29) is 24.3 Å². The van der Waals surface area contributed by atoms with Crippen LogP contribution >= 0.6 is 0 Å². The van der Waals surface area contributed by atoms with Gasteiger partial charge in [-0.2, -0.15) is 0 Å². The molecule has 0 aromatic heterocycles. The van der Waals surface area contributed by atoms with Crippen LogP contribution in [0.3, 0.4) is 0 Å². The van der Waals surface area contributed by atoms with Crippen LogP contribution in [0.2, 0.25) is 0 Å². The van der Waals surface area contributed by atoms with Crippen LogP contribution < -0.4 is 0 Å². The number of rotatable bonds is 15. The molecule has 0 aromatic carbocycles. The van der Waals surface area contributed by atoms with Gasteiger partial charge in [-0.25, -0.2) is 14.4 Å². The summed E-state index contributed by atoms with van der Waals surface area (Å²) in [5.74, 6) is -4.48. The number of hydrogen-bond acceptors (Lipinski definition) is 23. The Kier molecular flexibility index (Phi) is 18.4. The second-order valence-corrected chi connectivity index (χ2v) is 25.9. The Morgan fingerprint density at radius 3 is 1.70 bits per heavy atom. The van der Waals surface area contributed by atoms with Gasteiger partial charge >= 0.3 is 17.9 Å². The van der Waals surface area contributed by atoms with Gasteiger partial charge in [0, 0.05) is 27.4 Å². The molecule has 3 heterocycles. The fraction of sp³-hybridized carbons (Fsp3) is 0.842. The molecule has 0 aromatic rings. The van der Waals surface area contributed by atoms with Crippen molar-refractivity contribution in [3.05, 3.63) is 34.9 Å². The van der Waals surface area contributed by atoms with E-state index in [9.17, 15) is 80.8 Å². The maximum absolute atomic E-state index is 13.9. The molecule has 0 amide bonds. The van der Waals surface area contributed by atoms with Crippen LogP contribution in [0.4, 0.5) is 0 Å². The van der Waals surface area contributed by atoms with Gasteiger partial charge in [0.05, 0.1) is 50.2 Å². The molecule has 0 spiro atoms. The van der Waals surface area contributed by atoms with E-state index >= 15 is 0 Å². The summed E-state index contributed by atoms with van der Waals surface area (Å²) in [5, 5.41) is 146. The molecule has 81 heavy (non-hydrogen) atoms. The third-order valence-corrected chi connectivity index (χ3v) is 21.5. The molecule has 4 saturated carbocycles. The number of carboxylic acids is 1. The molecule has 0 bridgehead atoms. The molecule has 8 aliphatic rings. The van der Waals surface area contributed by atoms with E-state index in [1.807, 2.05) is 27.7 Å². The van der Waals surface area contributed by atoms with Gasteiger partial charge < -0.3 is 104 Å². The quantitative estimate of drug-likeness (QED) is 0.0415. The molecule has 3 aliphatic heterocycles. The fourth-order valence-electron chi connectivity index (χ4n) is 16.2. The average molecular weight is 1160 g/mol. The molecule has 7 fully saturated rings. The Hall–Kier alpha value is -3.09. The first kappa shape index (κ1) is 63.9. The second kappa shape index (κ2) is 23.3. The van der Waals surface area contributed by atoms with Gasteiger partial charge in [-0.05, 0) is 94.8 Å². The van der Waals surface area contributed by atoms with E-state index in [1.165, 1.54) is 0 Å². The number of carboxylic acid groups (broad SMARTS) is 1. The summed E-state index contributed by atoms with van der Waals surface area (Å²) in [4.78, 5) is 40.4. The van der Waals surface area contributed by atoms with Crippen molar-refractivity contribution in [1.82, 2.24) is 0 Å². The number of fused-ring (bicyclic) bond motifs is 7. The molecule has 27 atom stereocenters. The van der Waals surface area contributed by atoms with Gasteiger partial charge in [-0.15, -0.1) is 0 Å². The van der Waals surface area contributed by atoms with E-state index in [4.69, 9.17) is 37.9 Å². The lowest BCUT2D eigenvalue weighted by molar-refractivity contribution is -0.387. The highest BCUT2D eigenvalue weighted by molar-refractivity contribution is 5.89. The van der Waals surface area contributed by atoms with Crippen molar-refractivity contribution in [2.75, 3.05) is 26.4 Å². The molecule has 8 rings (SSSR count). The smallest absolute Gasteiger partial charge is 0.335 e. The van der Waals surface area contributed by atoms with Crippen LogP contribution in [0.5, 0.6) is 0 Å². The minimum Gasteiger partial charge on any atom is -0.479 e. The number of esters is 2. The lowest BCUT2D eigenvalue weighted by atomic mass is 9.32. The summed E-state index contributed by atoms with van der Waals surface area (Å²) < 4.78 is 48.8. The molecule has 13 N–H and O–H groups in total. The largest absolute Gasteiger partial charge is 0.479 e. The van der Waals surface area contributed by atoms with Gasteiger partial charge in [0.1, 0.15) is 67.1 Å². The van der Waals surface area contributed by atoms with E-state index < -0.39 is 205 Å². The number of ether oxygens (including phenoxy) is 8. The molecule has 460 valence electrons. The molecular formula is C57H88O24. The normalized spacial score (nSPS) is 49.8. The van der Waals surface area contributed by atoms with Gasteiger partial charge in [-0.1, -0.05) is 65.3 Å². The Bertz CT molecular complexity index is 2410. The Balaban J connectivity index is 1.15. The number of carbonyl (C=O) groups excluding carboxylic acids is 2. The van der Waals surface area contributed by atoms with Gasteiger partial charge in [0.15, 0.2) is 31.1 Å². The third kappa shape index (κ3) is 9.98. The second-order valence-electron chi connectivity index (χ2n) is 25.9. The van der Waals surface area contributed by atoms with Crippen molar-refractivity contribution < 1.29 is 119 Å². The summed E-state index contributed by atoms with van der Waals surface area (Å²) in [7, 11) is 0. The maximum atomic E-state index is 13.9. The summed E-state index contributed by atoms with van der Waals surface area (Å²) >= 11 is 0. The molecule has 0 radical (unpaired) electrons. The van der Waals surface area contributed by atoms with E-state index in [1.54, 1.807) is 39.8 Å². The molecular weight excluding hydrogens is 1070 g/mol. The van der Waals surface area contributed by atoms with Crippen LogP contribution in [0.25, 0.3) is 0 Å². The molecule has 24 nitrogen and oxygen atoms in total. The fourth-order valence-corrected chi connectivity index (χ4v) is 16.2. The average Bonchev–Trinajstić information content (AvgIpc) is 1.99. The third-order valence-electron chi connectivity index (χ3n) is 21.5. The molecule has 12 unspecified atom stereocenters. The van der Waals surface area contributed by atoms with Crippen molar-refractivity contribution >= 4 is 17.9 Å². The van der Waals surface area contributed by atoms with Crippen LogP contribution in [-0.2, 0) is 52.3 Å². The molecule has 5 aliphatic carbocycles. The Labute approximate surface area is 471 Å². The minimum atomic E-state index is -2.18. The van der Waals surface area contributed by atoms with Gasteiger partial charge in [0.25, 0.3) is 0 Å². The van der Waals surface area contributed by atoms with Crippen molar-refractivity contribution in [2.45, 2.75) is 224 Å². The predicted octanol–water partition coefficient (Wildman–Crippen LogP) is -0.765. The zero-order chi connectivity index (χ0) is 60.0. The topological polar surface area (TPSA) is 388 Å². The lowest BCUT2D eigenvalue weighted by Gasteiger charge is -2.73. The number of aliphatic carboxylic acids is 1. The lowest BCUT2D eigenvalue weighted by Crippen LogP contribution is -2.76. The number of allylic oxidation sites excluding steroid dienone is 3. The van der Waals surface area contributed by atoms with Crippen molar-refractivity contribution in [1.29, 1.82) is 0 Å². The number of aliphatic hydroxyl groups is 12. The molecule has 24 heteroatoms. The first-order valence-corrected chi connectivity index (χ1v) is 28.3. The van der Waals surface area contributed by atoms with Crippen molar-refractivity contribution in [3.8, 4) is 0 Å². The number of aliphatic hydroxyl groups excluding tert-OH is 12.